The molecule has 37 heavy (non-hydrogen) atoms. The number of nitrogens with one attached hydrogen (secondary N) is 1. The van der Waals surface area contributed by atoms with Gasteiger partial charge < -0.3 is 24.4 Å². The van der Waals surface area contributed by atoms with E-state index in [1.807, 2.05) is 29.2 Å². The zero-order valence-corrected chi connectivity index (χ0v) is 21.7. The van der Waals surface area contributed by atoms with Crippen molar-refractivity contribution in [1.29, 1.82) is 0 Å². The van der Waals surface area contributed by atoms with E-state index in [1.54, 1.807) is 31.2 Å². The maximum Gasteiger partial charge on any atom is 0.291 e. The number of carbonyl (C=O) groups is 2. The molecular weight excluding hydrogens is 471 g/mol. The molecule has 2 heterocycles. The van der Waals surface area contributed by atoms with E-state index in [0.717, 1.165) is 51.4 Å². The minimum Gasteiger partial charge on any atom is -0.451 e. The van der Waals surface area contributed by atoms with Gasteiger partial charge in [0.2, 0.25) is 5.91 Å². The lowest BCUT2D eigenvalue weighted by molar-refractivity contribution is -0.131. The quantitative estimate of drug-likeness (QED) is 0.414. The van der Waals surface area contributed by atoms with Crippen LogP contribution in [0.5, 0.6) is 0 Å². The van der Waals surface area contributed by atoms with Crippen LogP contribution in [0.3, 0.4) is 0 Å². The topological polar surface area (TPSA) is 69.0 Å². The summed E-state index contributed by atoms with van der Waals surface area (Å²) in [6.45, 7) is 11.2. The average molecular weight is 507 g/mol. The van der Waals surface area contributed by atoms with Crippen LogP contribution in [-0.4, -0.2) is 66.9 Å². The van der Waals surface area contributed by atoms with Crippen LogP contribution in [0.4, 0.5) is 15.8 Å². The maximum atomic E-state index is 13.2. The smallest absolute Gasteiger partial charge is 0.291 e. The highest BCUT2D eigenvalue weighted by Gasteiger charge is 2.29. The Morgan fingerprint density at radius 3 is 2.35 bits per heavy atom. The predicted octanol–water partition coefficient (Wildman–Crippen LogP) is 5.11. The molecule has 0 spiro atoms. The third-order valence-electron chi connectivity index (χ3n) is 7.01. The van der Waals surface area contributed by atoms with Crippen molar-refractivity contribution in [2.24, 2.45) is 0 Å². The molecule has 0 bridgehead atoms. The van der Waals surface area contributed by atoms with E-state index in [-0.39, 0.29) is 29.4 Å². The molecule has 2 amide bonds. The fraction of sp³-hybridized carbons (Fsp3) is 0.379. The second kappa shape index (κ2) is 12.1. The number of amides is 2. The fourth-order valence-corrected chi connectivity index (χ4v) is 4.79. The summed E-state index contributed by atoms with van der Waals surface area (Å²) in [5, 5.41) is 2.86. The Balaban J connectivity index is 1.33. The summed E-state index contributed by atoms with van der Waals surface area (Å²) in [6, 6.07) is 17.1. The summed E-state index contributed by atoms with van der Waals surface area (Å²) < 4.78 is 18.8. The predicted molar refractivity (Wildman–Crippen MR) is 144 cm³/mol. The lowest BCUT2D eigenvalue weighted by Crippen LogP contribution is -2.45. The van der Waals surface area contributed by atoms with Crippen molar-refractivity contribution in [2.75, 3.05) is 49.5 Å². The SMILES string of the molecule is CCN(CC)CCN(C(C)=O)C1CCN(c2ccc(NC(=O)c3ccc(-c4ccc(F)cc4)o3)cc2)C1. The number of likely N-dealkylation sites (N-methyl/N-ethyl adjacent to an activating group) is 1. The van der Waals surface area contributed by atoms with E-state index in [1.165, 1.54) is 12.1 Å². The van der Waals surface area contributed by atoms with E-state index in [4.69, 9.17) is 4.42 Å². The lowest BCUT2D eigenvalue weighted by Gasteiger charge is -2.30. The summed E-state index contributed by atoms with van der Waals surface area (Å²) in [5.74, 6) is 0.124. The van der Waals surface area contributed by atoms with E-state index in [9.17, 15) is 14.0 Å². The van der Waals surface area contributed by atoms with Crippen LogP contribution in [0.25, 0.3) is 11.3 Å². The first-order chi connectivity index (χ1) is 17.9. The number of hydrogen-bond donors (Lipinski definition) is 1. The summed E-state index contributed by atoms with van der Waals surface area (Å²) in [7, 11) is 0. The fourth-order valence-electron chi connectivity index (χ4n) is 4.79. The van der Waals surface area contributed by atoms with Crippen molar-refractivity contribution < 1.29 is 18.4 Å². The number of benzene rings is 2. The van der Waals surface area contributed by atoms with Crippen molar-refractivity contribution in [3.8, 4) is 11.3 Å². The number of carbonyl (C=O) groups excluding carboxylic acids is 2. The number of halogens is 1. The van der Waals surface area contributed by atoms with E-state index in [0.29, 0.717) is 17.0 Å². The monoisotopic (exact) mass is 506 g/mol. The molecule has 0 saturated carbocycles. The Hall–Kier alpha value is -3.65. The van der Waals surface area contributed by atoms with Gasteiger partial charge in [-0.3, -0.25) is 9.59 Å². The van der Waals surface area contributed by atoms with E-state index in [2.05, 4.69) is 29.0 Å². The highest BCUT2D eigenvalue weighted by molar-refractivity contribution is 6.02. The molecule has 1 unspecified atom stereocenters. The third-order valence-corrected chi connectivity index (χ3v) is 7.01. The van der Waals surface area contributed by atoms with Gasteiger partial charge in [0.15, 0.2) is 5.76 Å². The largest absolute Gasteiger partial charge is 0.451 e. The van der Waals surface area contributed by atoms with Crippen molar-refractivity contribution in [3.05, 3.63) is 72.2 Å². The van der Waals surface area contributed by atoms with Crippen LogP contribution in [-0.2, 0) is 4.79 Å². The first-order valence-electron chi connectivity index (χ1n) is 12.9. The maximum absolute atomic E-state index is 13.2. The van der Waals surface area contributed by atoms with Gasteiger partial charge in [-0.2, -0.15) is 0 Å². The molecule has 196 valence electrons. The van der Waals surface area contributed by atoms with Gasteiger partial charge in [-0.1, -0.05) is 13.8 Å². The Bertz CT molecular complexity index is 1190. The minimum atomic E-state index is -0.354. The Kier molecular flexibility index (Phi) is 8.61. The van der Waals surface area contributed by atoms with Gasteiger partial charge in [-0.25, -0.2) is 4.39 Å². The normalized spacial score (nSPS) is 15.3. The highest BCUT2D eigenvalue weighted by Crippen LogP contribution is 2.26. The summed E-state index contributed by atoms with van der Waals surface area (Å²) >= 11 is 0. The number of nitrogens with zero attached hydrogens (tertiary/aromatic N) is 3. The standard InChI is InChI=1S/C29H35FN4O3/c1-4-32(5-2)18-19-34(21(3)35)26-16-17-33(20-26)25-12-10-24(11-13-25)31-29(36)28-15-14-27(37-28)22-6-8-23(30)9-7-22/h6-15,26H,4-5,16-20H2,1-3H3,(H,31,36). The summed E-state index contributed by atoms with van der Waals surface area (Å²) in [4.78, 5) is 31.7. The van der Waals surface area contributed by atoms with Gasteiger partial charge in [-0.15, -0.1) is 0 Å². The van der Waals surface area contributed by atoms with Crippen molar-refractivity contribution in [1.82, 2.24) is 9.80 Å². The number of anilines is 2. The van der Waals surface area contributed by atoms with Crippen LogP contribution in [0, 0.1) is 5.82 Å². The molecule has 1 aliphatic rings. The average Bonchev–Trinajstić information content (AvgIpc) is 3.58. The van der Waals surface area contributed by atoms with Gasteiger partial charge in [0.1, 0.15) is 11.6 Å². The second-order valence-electron chi connectivity index (χ2n) is 9.30. The molecule has 8 heteroatoms. The molecule has 1 N–H and O–H groups in total. The van der Waals surface area contributed by atoms with Crippen LogP contribution in [0.1, 0.15) is 37.7 Å². The molecule has 4 rings (SSSR count). The molecule has 1 aliphatic heterocycles. The number of hydrogen-bond acceptors (Lipinski definition) is 5. The molecule has 7 nitrogen and oxygen atoms in total. The van der Waals surface area contributed by atoms with Crippen molar-refractivity contribution in [2.45, 2.75) is 33.2 Å². The minimum absolute atomic E-state index is 0.123. The Labute approximate surface area is 217 Å². The van der Waals surface area contributed by atoms with E-state index < -0.39 is 0 Å². The molecule has 0 aliphatic carbocycles. The zero-order chi connectivity index (χ0) is 26.4. The van der Waals surface area contributed by atoms with Crippen molar-refractivity contribution in [3.63, 3.8) is 0 Å². The van der Waals surface area contributed by atoms with Crippen molar-refractivity contribution >= 4 is 23.2 Å². The van der Waals surface area contributed by atoms with Gasteiger partial charge >= 0.3 is 0 Å². The first kappa shape index (κ1) is 26.4. The Morgan fingerprint density at radius 1 is 1.00 bits per heavy atom. The van der Waals surface area contributed by atoms with Crippen LogP contribution in [0.2, 0.25) is 0 Å². The molecule has 1 saturated heterocycles. The molecule has 1 atom stereocenters. The second-order valence-corrected chi connectivity index (χ2v) is 9.30. The molecule has 3 aromatic rings. The first-order valence-corrected chi connectivity index (χ1v) is 12.9. The zero-order valence-electron chi connectivity index (χ0n) is 21.7. The number of rotatable bonds is 10. The summed E-state index contributed by atoms with van der Waals surface area (Å²) in [5.41, 5.74) is 2.42. The summed E-state index contributed by atoms with van der Waals surface area (Å²) in [6.07, 6.45) is 0.936. The Morgan fingerprint density at radius 2 is 1.70 bits per heavy atom. The molecule has 0 radical (unpaired) electrons. The third kappa shape index (κ3) is 6.57. The van der Waals surface area contributed by atoms with Crippen LogP contribution in [0.15, 0.2) is 65.1 Å². The molecular formula is C29H35FN4O3. The van der Waals surface area contributed by atoms with Crippen LogP contribution >= 0.6 is 0 Å². The molecule has 2 aromatic carbocycles. The highest BCUT2D eigenvalue weighted by atomic mass is 19.1. The number of furan rings is 1. The van der Waals surface area contributed by atoms with Gasteiger partial charge in [0.25, 0.3) is 5.91 Å². The van der Waals surface area contributed by atoms with Gasteiger partial charge in [-0.05, 0) is 80.2 Å². The molecule has 1 aromatic heterocycles. The van der Waals surface area contributed by atoms with E-state index >= 15 is 0 Å². The molecule has 1 fully saturated rings. The van der Waals surface area contributed by atoms with Gasteiger partial charge in [0, 0.05) is 50.0 Å². The lowest BCUT2D eigenvalue weighted by atomic mass is 10.2. The van der Waals surface area contributed by atoms with Gasteiger partial charge in [0.05, 0.1) is 6.04 Å². The van der Waals surface area contributed by atoms with Crippen LogP contribution < -0.4 is 10.2 Å².